The predicted octanol–water partition coefficient (Wildman–Crippen LogP) is 4.40. The highest BCUT2D eigenvalue weighted by Gasteiger charge is 2.35. The zero-order valence-electron chi connectivity index (χ0n) is 17.9. The number of likely N-dealkylation sites (tertiary alicyclic amines) is 1. The van der Waals surface area contributed by atoms with E-state index < -0.39 is 37.7 Å². The fourth-order valence-corrected chi connectivity index (χ4v) is 5.38. The van der Waals surface area contributed by atoms with E-state index in [2.05, 4.69) is 21.6 Å². The second-order valence-electron chi connectivity index (χ2n) is 8.20. The first-order valence-electron chi connectivity index (χ1n) is 10.3. The molecule has 1 N–H and O–H groups in total. The van der Waals surface area contributed by atoms with Crippen LogP contribution in [0.1, 0.15) is 30.0 Å². The Hall–Kier alpha value is -1.65. The van der Waals surface area contributed by atoms with Crippen molar-refractivity contribution >= 4 is 21.6 Å². The maximum Gasteiger partial charge on any atom is 0.417 e. The predicted molar refractivity (Wildman–Crippen MR) is 119 cm³/mol. The molecule has 0 aromatic heterocycles. The highest BCUT2D eigenvalue weighted by Crippen LogP contribution is 2.36. The third-order valence-electron chi connectivity index (χ3n) is 5.83. The Bertz CT molecular complexity index is 1010. The monoisotopic (exact) mass is 489 g/mol. The van der Waals surface area contributed by atoms with Gasteiger partial charge >= 0.3 is 6.18 Å². The molecule has 176 valence electrons. The first kappa shape index (κ1) is 25.0. The van der Waals surface area contributed by atoms with Crippen LogP contribution in [0.15, 0.2) is 53.4 Å². The highest BCUT2D eigenvalue weighted by molar-refractivity contribution is 7.89. The normalized spacial score (nSPS) is 17.6. The molecule has 3 rings (SSSR count). The van der Waals surface area contributed by atoms with E-state index in [1.165, 1.54) is 0 Å². The van der Waals surface area contributed by atoms with Gasteiger partial charge < -0.3 is 9.80 Å². The van der Waals surface area contributed by atoms with Crippen LogP contribution in [0, 0.1) is 0 Å². The molecule has 0 unspecified atom stereocenters. The molecule has 1 fully saturated rings. The first-order chi connectivity index (χ1) is 15.0. The van der Waals surface area contributed by atoms with Crippen molar-refractivity contribution in [3.05, 3.63) is 64.7 Å². The summed E-state index contributed by atoms with van der Waals surface area (Å²) in [7, 11) is -0.219. The number of sulfonamides is 1. The Kier molecular flexibility index (Phi) is 7.88. The van der Waals surface area contributed by atoms with Crippen LogP contribution in [0.25, 0.3) is 0 Å². The quantitative estimate of drug-likeness (QED) is 0.626. The molecular weight excluding hydrogens is 463 g/mol. The fraction of sp³-hybridized carbons (Fsp3) is 0.455. The molecule has 32 heavy (non-hydrogen) atoms. The van der Waals surface area contributed by atoms with Gasteiger partial charge in [0.05, 0.1) is 21.5 Å². The highest BCUT2D eigenvalue weighted by atomic mass is 35.5. The lowest BCUT2D eigenvalue weighted by molar-refractivity contribution is -0.137. The summed E-state index contributed by atoms with van der Waals surface area (Å²) in [4.78, 5) is 3.90. The number of likely N-dealkylation sites (N-methyl/N-ethyl adjacent to an activating group) is 1. The number of hydrogen-bond donors (Lipinski definition) is 1. The van der Waals surface area contributed by atoms with Gasteiger partial charge in [0.1, 0.15) is 0 Å². The molecule has 0 radical (unpaired) electrons. The molecule has 0 spiro atoms. The zero-order chi connectivity index (χ0) is 23.5. The van der Waals surface area contributed by atoms with E-state index >= 15 is 0 Å². The first-order valence-corrected chi connectivity index (χ1v) is 12.2. The Morgan fingerprint density at radius 1 is 1.16 bits per heavy atom. The SMILES string of the molecule is CN1CCC(N(C)C[C@@H](NS(=O)(=O)c2ccc(Cl)c(C(F)(F)F)c2)c2ccccc2)CC1. The lowest BCUT2D eigenvalue weighted by atomic mass is 10.0. The van der Waals surface area contributed by atoms with Crippen LogP contribution in [-0.4, -0.2) is 58.0 Å². The van der Waals surface area contributed by atoms with Crippen molar-refractivity contribution < 1.29 is 21.6 Å². The molecule has 10 heteroatoms. The van der Waals surface area contributed by atoms with Gasteiger partial charge in [0.2, 0.25) is 10.0 Å². The van der Waals surface area contributed by atoms with Crippen LogP contribution in [0.4, 0.5) is 13.2 Å². The number of piperidine rings is 1. The van der Waals surface area contributed by atoms with Crippen LogP contribution in [0.2, 0.25) is 5.02 Å². The second-order valence-corrected chi connectivity index (χ2v) is 10.3. The second kappa shape index (κ2) is 10.1. The summed E-state index contributed by atoms with van der Waals surface area (Å²) in [5, 5.41) is -0.543. The summed E-state index contributed by atoms with van der Waals surface area (Å²) in [6.45, 7) is 2.31. The summed E-state index contributed by atoms with van der Waals surface area (Å²) in [6, 6.07) is 11.3. The summed E-state index contributed by atoms with van der Waals surface area (Å²) < 4.78 is 68.5. The van der Waals surface area contributed by atoms with Crippen molar-refractivity contribution in [2.24, 2.45) is 0 Å². The topological polar surface area (TPSA) is 52.6 Å². The van der Waals surface area contributed by atoms with Gasteiger partial charge in [0.25, 0.3) is 0 Å². The van der Waals surface area contributed by atoms with Crippen LogP contribution in [0.3, 0.4) is 0 Å². The van der Waals surface area contributed by atoms with E-state index in [9.17, 15) is 21.6 Å². The molecule has 1 heterocycles. The molecule has 1 saturated heterocycles. The third kappa shape index (κ3) is 6.23. The zero-order valence-corrected chi connectivity index (χ0v) is 19.5. The molecule has 0 saturated carbocycles. The van der Waals surface area contributed by atoms with Gasteiger partial charge in [-0.2, -0.15) is 13.2 Å². The summed E-state index contributed by atoms with van der Waals surface area (Å²) in [5.41, 5.74) is -0.442. The van der Waals surface area contributed by atoms with Gasteiger partial charge in [0.15, 0.2) is 0 Å². The largest absolute Gasteiger partial charge is 0.417 e. The van der Waals surface area contributed by atoms with E-state index in [-0.39, 0.29) is 0 Å². The Morgan fingerprint density at radius 2 is 1.78 bits per heavy atom. The maximum absolute atomic E-state index is 13.2. The van der Waals surface area contributed by atoms with Gasteiger partial charge in [-0.25, -0.2) is 13.1 Å². The van der Waals surface area contributed by atoms with E-state index in [1.807, 2.05) is 13.1 Å². The molecule has 1 aliphatic rings. The molecule has 2 aromatic carbocycles. The van der Waals surface area contributed by atoms with Crippen molar-refractivity contribution in [2.45, 2.75) is 36.0 Å². The van der Waals surface area contributed by atoms with Gasteiger partial charge in [-0.05, 0) is 63.8 Å². The Balaban J connectivity index is 1.86. The number of benzene rings is 2. The van der Waals surface area contributed by atoms with E-state index in [4.69, 9.17) is 11.6 Å². The summed E-state index contributed by atoms with van der Waals surface area (Å²) >= 11 is 5.65. The standard InChI is InChI=1S/C22H27ClF3N3O2S/c1-28-12-10-17(11-13-28)29(2)15-21(16-6-4-3-5-7-16)27-32(30,31)18-8-9-20(23)19(14-18)22(24,25)26/h3-9,14,17,21,27H,10-13,15H2,1-2H3/t21-/m1/s1. The van der Waals surface area contributed by atoms with Crippen molar-refractivity contribution in [1.29, 1.82) is 0 Å². The third-order valence-corrected chi connectivity index (χ3v) is 7.63. The van der Waals surface area contributed by atoms with E-state index in [1.54, 1.807) is 24.3 Å². The molecular formula is C22H27ClF3N3O2S. The Morgan fingerprint density at radius 3 is 2.38 bits per heavy atom. The summed E-state index contributed by atoms with van der Waals surface area (Å²) in [6.07, 6.45) is -2.82. The molecule has 1 aliphatic heterocycles. The molecule has 0 bridgehead atoms. The van der Waals surface area contributed by atoms with Gasteiger partial charge in [-0.1, -0.05) is 41.9 Å². The Labute approximate surface area is 192 Å². The summed E-state index contributed by atoms with van der Waals surface area (Å²) in [5.74, 6) is 0. The van der Waals surface area contributed by atoms with Crippen LogP contribution in [0.5, 0.6) is 0 Å². The van der Waals surface area contributed by atoms with Crippen molar-refractivity contribution in [1.82, 2.24) is 14.5 Å². The minimum atomic E-state index is -4.75. The van der Waals surface area contributed by atoms with Crippen molar-refractivity contribution in [2.75, 3.05) is 33.7 Å². The van der Waals surface area contributed by atoms with Gasteiger partial charge in [-0.3, -0.25) is 0 Å². The van der Waals surface area contributed by atoms with E-state index in [0.29, 0.717) is 18.7 Å². The number of nitrogens with one attached hydrogen (secondary N) is 1. The van der Waals surface area contributed by atoms with Crippen molar-refractivity contribution in [3.8, 4) is 0 Å². The lowest BCUT2D eigenvalue weighted by Gasteiger charge is -2.37. The smallest absolute Gasteiger partial charge is 0.306 e. The average molecular weight is 490 g/mol. The molecule has 2 aromatic rings. The number of halogens is 4. The van der Waals surface area contributed by atoms with Gasteiger partial charge in [-0.15, -0.1) is 0 Å². The number of alkyl halides is 3. The molecule has 5 nitrogen and oxygen atoms in total. The van der Waals surface area contributed by atoms with Crippen LogP contribution in [-0.2, 0) is 16.2 Å². The number of rotatable bonds is 7. The van der Waals surface area contributed by atoms with Crippen LogP contribution < -0.4 is 4.72 Å². The molecule has 0 amide bonds. The number of hydrogen-bond acceptors (Lipinski definition) is 4. The number of nitrogens with zero attached hydrogens (tertiary/aromatic N) is 2. The minimum absolute atomic E-state index is 0.300. The minimum Gasteiger partial charge on any atom is -0.306 e. The molecule has 0 aliphatic carbocycles. The fourth-order valence-electron chi connectivity index (χ4n) is 3.91. The molecule has 1 atom stereocenters. The van der Waals surface area contributed by atoms with E-state index in [0.717, 1.165) is 43.6 Å². The van der Waals surface area contributed by atoms with Gasteiger partial charge in [0, 0.05) is 12.6 Å². The van der Waals surface area contributed by atoms with Crippen LogP contribution >= 0.6 is 11.6 Å². The maximum atomic E-state index is 13.2. The average Bonchev–Trinajstić information content (AvgIpc) is 2.73. The van der Waals surface area contributed by atoms with Crippen molar-refractivity contribution in [3.63, 3.8) is 0 Å². The lowest BCUT2D eigenvalue weighted by Crippen LogP contribution is -2.45.